The van der Waals surface area contributed by atoms with Crippen molar-refractivity contribution in [3.05, 3.63) is 54.1 Å². The summed E-state index contributed by atoms with van der Waals surface area (Å²) in [7, 11) is 0. The third-order valence-electron chi connectivity index (χ3n) is 5.38. The van der Waals surface area contributed by atoms with Gasteiger partial charge in [-0.05, 0) is 36.2 Å². The molecule has 4 rings (SSSR count). The number of anilines is 3. The minimum Gasteiger partial charge on any atom is -0.370 e. The number of primary amides is 1. The number of nitrogens with two attached hydrogens (primary N) is 1. The van der Waals surface area contributed by atoms with Gasteiger partial charge >= 0.3 is 0 Å². The molecule has 1 atom stereocenters. The Morgan fingerprint density at radius 3 is 2.70 bits per heavy atom. The third kappa shape index (κ3) is 3.74. The molecule has 0 aliphatic carbocycles. The van der Waals surface area contributed by atoms with Crippen LogP contribution in [-0.2, 0) is 16.0 Å². The molecule has 6 heteroatoms. The highest BCUT2D eigenvalue weighted by Crippen LogP contribution is 2.32. The Bertz CT molecular complexity index is 853. The number of piperazine rings is 1. The molecule has 140 valence electrons. The molecule has 2 heterocycles. The van der Waals surface area contributed by atoms with E-state index in [2.05, 4.69) is 39.4 Å². The molecule has 3 N–H and O–H groups in total. The normalized spacial score (nSPS) is 19.0. The number of benzene rings is 2. The van der Waals surface area contributed by atoms with Crippen molar-refractivity contribution >= 4 is 28.9 Å². The largest absolute Gasteiger partial charge is 0.370 e. The lowest BCUT2D eigenvalue weighted by atomic mass is 10.0. The van der Waals surface area contributed by atoms with Crippen molar-refractivity contribution in [2.24, 2.45) is 5.73 Å². The second-order valence-electron chi connectivity index (χ2n) is 7.20. The monoisotopic (exact) mass is 364 g/mol. The fourth-order valence-electron chi connectivity index (χ4n) is 4.01. The lowest BCUT2D eigenvalue weighted by Crippen LogP contribution is -2.53. The molecule has 2 aromatic carbocycles. The van der Waals surface area contributed by atoms with Crippen LogP contribution in [0.3, 0.4) is 0 Å². The number of carbonyl (C=O) groups is 2. The van der Waals surface area contributed by atoms with Crippen LogP contribution in [0.2, 0.25) is 0 Å². The Balaban J connectivity index is 1.56. The first kappa shape index (κ1) is 17.4. The van der Waals surface area contributed by atoms with E-state index in [0.717, 1.165) is 36.6 Å². The summed E-state index contributed by atoms with van der Waals surface area (Å²) in [6, 6.07) is 16.7. The van der Waals surface area contributed by atoms with Crippen LogP contribution in [-0.4, -0.2) is 37.5 Å². The number of hydrogen-bond donors (Lipinski definition) is 2. The number of nitrogens with one attached hydrogen (secondary N) is 1. The van der Waals surface area contributed by atoms with Crippen molar-refractivity contribution in [3.8, 4) is 0 Å². The van der Waals surface area contributed by atoms with Crippen LogP contribution in [0.25, 0.3) is 0 Å². The molecule has 0 bridgehead atoms. The highest BCUT2D eigenvalue weighted by Gasteiger charge is 2.29. The molecular formula is C21H24N4O2. The number of rotatable bonds is 5. The fraction of sp³-hybridized carbons (Fsp3) is 0.333. The topological polar surface area (TPSA) is 78.7 Å². The van der Waals surface area contributed by atoms with Crippen LogP contribution in [0.1, 0.15) is 18.4 Å². The van der Waals surface area contributed by atoms with Crippen molar-refractivity contribution in [1.82, 2.24) is 0 Å². The molecule has 0 spiro atoms. The molecule has 1 fully saturated rings. The summed E-state index contributed by atoms with van der Waals surface area (Å²) in [5.41, 5.74) is 9.63. The van der Waals surface area contributed by atoms with E-state index in [1.165, 1.54) is 5.69 Å². The standard InChI is InChI=1S/C21H24N4O2/c22-20(26)9-8-18-14-24(16-4-2-1-3-5-16)10-11-25(18)17-7-6-15-12-21(27)23-19(15)13-17/h1-7,13,18H,8-12,14H2,(H2,22,26)(H,23,27). The van der Waals surface area contributed by atoms with Crippen molar-refractivity contribution in [3.63, 3.8) is 0 Å². The summed E-state index contributed by atoms with van der Waals surface area (Å²) >= 11 is 0. The Morgan fingerprint density at radius 1 is 1.11 bits per heavy atom. The highest BCUT2D eigenvalue weighted by atomic mass is 16.2. The maximum absolute atomic E-state index is 11.6. The molecule has 2 amide bonds. The quantitative estimate of drug-likeness (QED) is 0.852. The molecule has 1 saturated heterocycles. The van der Waals surface area contributed by atoms with Gasteiger partial charge in [0.1, 0.15) is 0 Å². The van der Waals surface area contributed by atoms with Crippen molar-refractivity contribution in [2.45, 2.75) is 25.3 Å². The number of amides is 2. The van der Waals surface area contributed by atoms with E-state index in [0.29, 0.717) is 19.3 Å². The Morgan fingerprint density at radius 2 is 1.93 bits per heavy atom. The second kappa shape index (κ2) is 7.31. The summed E-state index contributed by atoms with van der Waals surface area (Å²) < 4.78 is 0. The van der Waals surface area contributed by atoms with Gasteiger partial charge in [0.05, 0.1) is 6.42 Å². The van der Waals surface area contributed by atoms with Crippen LogP contribution in [0.15, 0.2) is 48.5 Å². The summed E-state index contributed by atoms with van der Waals surface area (Å²) in [4.78, 5) is 27.7. The van der Waals surface area contributed by atoms with Crippen molar-refractivity contribution in [2.75, 3.05) is 34.8 Å². The van der Waals surface area contributed by atoms with Crippen molar-refractivity contribution in [1.29, 1.82) is 0 Å². The first-order chi connectivity index (χ1) is 13.1. The van der Waals surface area contributed by atoms with Gasteiger partial charge in [-0.2, -0.15) is 0 Å². The van der Waals surface area contributed by atoms with Gasteiger partial charge in [0, 0.05) is 49.2 Å². The molecule has 1 unspecified atom stereocenters. The molecular weight excluding hydrogens is 340 g/mol. The third-order valence-corrected chi connectivity index (χ3v) is 5.38. The lowest BCUT2D eigenvalue weighted by Gasteiger charge is -2.44. The van der Waals surface area contributed by atoms with Gasteiger partial charge in [-0.15, -0.1) is 0 Å². The number of hydrogen-bond acceptors (Lipinski definition) is 4. The molecule has 2 aliphatic rings. The number of para-hydroxylation sites is 1. The first-order valence-electron chi connectivity index (χ1n) is 9.38. The minimum absolute atomic E-state index is 0.0429. The van der Waals surface area contributed by atoms with E-state index in [1.54, 1.807) is 0 Å². The summed E-state index contributed by atoms with van der Waals surface area (Å²) in [6.07, 6.45) is 1.52. The first-order valence-corrected chi connectivity index (χ1v) is 9.38. The molecule has 0 aromatic heterocycles. The Hall–Kier alpha value is -3.02. The van der Waals surface area contributed by atoms with Crippen LogP contribution in [0.4, 0.5) is 17.1 Å². The number of carbonyl (C=O) groups excluding carboxylic acids is 2. The summed E-state index contributed by atoms with van der Waals surface area (Å²) in [5, 5.41) is 2.93. The lowest BCUT2D eigenvalue weighted by molar-refractivity contribution is -0.118. The molecule has 0 saturated carbocycles. The second-order valence-corrected chi connectivity index (χ2v) is 7.20. The molecule has 27 heavy (non-hydrogen) atoms. The van der Waals surface area contributed by atoms with Gasteiger partial charge in [0.2, 0.25) is 11.8 Å². The van der Waals surface area contributed by atoms with Gasteiger partial charge in [-0.25, -0.2) is 0 Å². The van der Waals surface area contributed by atoms with Gasteiger partial charge in [-0.3, -0.25) is 9.59 Å². The zero-order valence-electron chi connectivity index (χ0n) is 15.2. The molecule has 2 aromatic rings. The zero-order valence-corrected chi connectivity index (χ0v) is 15.2. The van der Waals surface area contributed by atoms with E-state index in [9.17, 15) is 9.59 Å². The van der Waals surface area contributed by atoms with E-state index in [4.69, 9.17) is 5.73 Å². The van der Waals surface area contributed by atoms with Gasteiger partial charge < -0.3 is 20.9 Å². The van der Waals surface area contributed by atoms with E-state index in [1.807, 2.05) is 24.3 Å². The average molecular weight is 364 g/mol. The Kier molecular flexibility index (Phi) is 4.71. The molecule has 6 nitrogen and oxygen atoms in total. The maximum atomic E-state index is 11.6. The smallest absolute Gasteiger partial charge is 0.228 e. The number of nitrogens with zero attached hydrogens (tertiary/aromatic N) is 2. The van der Waals surface area contributed by atoms with Crippen LogP contribution in [0.5, 0.6) is 0 Å². The summed E-state index contributed by atoms with van der Waals surface area (Å²) in [5.74, 6) is -0.227. The van der Waals surface area contributed by atoms with E-state index in [-0.39, 0.29) is 17.9 Å². The SMILES string of the molecule is NC(=O)CCC1CN(c2ccccc2)CCN1c1ccc2c(c1)NC(=O)C2. The van der Waals surface area contributed by atoms with Gasteiger partial charge in [0.15, 0.2) is 0 Å². The zero-order chi connectivity index (χ0) is 18.8. The van der Waals surface area contributed by atoms with Gasteiger partial charge in [-0.1, -0.05) is 24.3 Å². The summed E-state index contributed by atoms with van der Waals surface area (Å²) in [6.45, 7) is 2.59. The van der Waals surface area contributed by atoms with Crippen LogP contribution >= 0.6 is 0 Å². The van der Waals surface area contributed by atoms with Crippen LogP contribution in [0, 0.1) is 0 Å². The minimum atomic E-state index is -0.270. The van der Waals surface area contributed by atoms with E-state index >= 15 is 0 Å². The predicted octanol–water partition coefficient (Wildman–Crippen LogP) is 2.14. The Labute approximate surface area is 158 Å². The molecule has 0 radical (unpaired) electrons. The molecule has 2 aliphatic heterocycles. The maximum Gasteiger partial charge on any atom is 0.228 e. The number of fused-ring (bicyclic) bond motifs is 1. The van der Waals surface area contributed by atoms with E-state index < -0.39 is 0 Å². The van der Waals surface area contributed by atoms with Crippen LogP contribution < -0.4 is 20.9 Å². The highest BCUT2D eigenvalue weighted by molar-refractivity contribution is 5.99. The average Bonchev–Trinajstić information content (AvgIpc) is 3.06. The predicted molar refractivity (Wildman–Crippen MR) is 107 cm³/mol. The van der Waals surface area contributed by atoms with Crippen molar-refractivity contribution < 1.29 is 9.59 Å². The van der Waals surface area contributed by atoms with Gasteiger partial charge in [0.25, 0.3) is 0 Å². The fourth-order valence-corrected chi connectivity index (χ4v) is 4.01.